The monoisotopic (exact) mass is 579 g/mol. The third kappa shape index (κ3) is 4.78. The quantitative estimate of drug-likeness (QED) is 0.358. The molecule has 0 aromatic heterocycles. The minimum absolute atomic E-state index is 0.0294. The number of benzene rings is 3. The minimum atomic E-state index is -4.72. The van der Waals surface area contributed by atoms with E-state index in [-0.39, 0.29) is 18.0 Å². The molecule has 6 rings (SSSR count). The lowest BCUT2D eigenvalue weighted by Gasteiger charge is -2.20. The zero-order valence-corrected chi connectivity index (χ0v) is 20.7. The van der Waals surface area contributed by atoms with Gasteiger partial charge in [0.15, 0.2) is 11.5 Å². The fourth-order valence-corrected chi connectivity index (χ4v) is 4.60. The van der Waals surface area contributed by atoms with Crippen LogP contribution in [0.5, 0.6) is 23.0 Å². The molecule has 3 heterocycles. The molecule has 14 heteroatoms. The van der Waals surface area contributed by atoms with E-state index in [4.69, 9.17) is 9.47 Å². The van der Waals surface area contributed by atoms with Crippen molar-refractivity contribution in [3.63, 3.8) is 0 Å². The Hall–Kier alpha value is -4.75. The summed E-state index contributed by atoms with van der Waals surface area (Å²) in [6, 6.07) is 12.9. The van der Waals surface area contributed by atoms with Crippen molar-refractivity contribution in [1.82, 2.24) is 10.4 Å². The fraction of sp³-hybridized carbons (Fsp3) is 0.222. The molecular weight excluding hydrogens is 560 g/mol. The number of amides is 2. The topological polar surface area (TPSA) is 81.3 Å². The van der Waals surface area contributed by atoms with Crippen LogP contribution in [0.1, 0.15) is 16.7 Å². The first-order chi connectivity index (χ1) is 19.5. The number of nitrogens with one attached hydrogen (secondary N) is 2. The van der Waals surface area contributed by atoms with Gasteiger partial charge in [0.05, 0.1) is 17.8 Å². The molecule has 8 nitrogen and oxygen atoms in total. The van der Waals surface area contributed by atoms with Gasteiger partial charge < -0.3 is 24.3 Å². The molecule has 0 fully saturated rings. The third-order valence-electron chi connectivity index (χ3n) is 6.54. The summed E-state index contributed by atoms with van der Waals surface area (Å²) in [6.45, 7) is -2.30. The molecule has 3 aliphatic rings. The smallest absolute Gasteiger partial charge is 0.469 e. The van der Waals surface area contributed by atoms with Crippen molar-refractivity contribution in [2.45, 2.75) is 18.6 Å². The summed E-state index contributed by atoms with van der Waals surface area (Å²) in [5.41, 5.74) is 3.93. The zero-order chi connectivity index (χ0) is 28.9. The number of hydrogen-bond acceptors (Lipinski definition) is 6. The molecule has 0 atom stereocenters. The summed E-state index contributed by atoms with van der Waals surface area (Å²) in [6.07, 6.45) is -4.72. The van der Waals surface area contributed by atoms with Gasteiger partial charge in [-0.25, -0.2) is 9.80 Å². The second-order valence-corrected chi connectivity index (χ2v) is 9.15. The van der Waals surface area contributed by atoms with Crippen LogP contribution in [-0.4, -0.2) is 43.5 Å². The van der Waals surface area contributed by atoms with Crippen LogP contribution in [0.25, 0.3) is 11.3 Å². The molecule has 0 saturated carbocycles. The highest BCUT2D eigenvalue weighted by Crippen LogP contribution is 2.53. The van der Waals surface area contributed by atoms with Crippen molar-refractivity contribution < 1.29 is 50.1 Å². The molecule has 41 heavy (non-hydrogen) atoms. The average molecular weight is 579 g/mol. The largest absolute Gasteiger partial charge is 0.486 e. The van der Waals surface area contributed by atoms with Gasteiger partial charge in [0.2, 0.25) is 0 Å². The molecular formula is C27H19F6N3O5. The summed E-state index contributed by atoms with van der Waals surface area (Å²) in [5, 5.41) is 3.56. The predicted molar refractivity (Wildman–Crippen MR) is 132 cm³/mol. The van der Waals surface area contributed by atoms with Crippen LogP contribution in [0, 0.1) is 0 Å². The Balaban J connectivity index is 1.28. The van der Waals surface area contributed by atoms with Gasteiger partial charge in [-0.3, -0.25) is 5.43 Å². The first-order valence-electron chi connectivity index (χ1n) is 12.1. The van der Waals surface area contributed by atoms with Gasteiger partial charge >= 0.3 is 24.7 Å². The van der Waals surface area contributed by atoms with Crippen molar-refractivity contribution in [3.8, 4) is 23.0 Å². The number of hydrogen-bond donors (Lipinski definition) is 2. The zero-order valence-electron chi connectivity index (χ0n) is 20.7. The Morgan fingerprint density at radius 2 is 1.59 bits per heavy atom. The Labute approximate surface area is 228 Å². The van der Waals surface area contributed by atoms with E-state index in [0.29, 0.717) is 47.1 Å². The molecule has 0 aliphatic carbocycles. The Morgan fingerprint density at radius 3 is 2.32 bits per heavy atom. The molecule has 214 valence electrons. The molecule has 2 N–H and O–H groups in total. The van der Waals surface area contributed by atoms with Gasteiger partial charge in [-0.15, -0.1) is 0 Å². The van der Waals surface area contributed by atoms with E-state index in [1.807, 2.05) is 0 Å². The Morgan fingerprint density at radius 1 is 0.902 bits per heavy atom. The van der Waals surface area contributed by atoms with Gasteiger partial charge in [0.25, 0.3) is 0 Å². The summed E-state index contributed by atoms with van der Waals surface area (Å²) >= 11 is 0. The number of urea groups is 1. The number of nitrogens with zero attached hydrogens (tertiary/aromatic N) is 1. The van der Waals surface area contributed by atoms with Crippen LogP contribution < -0.4 is 29.7 Å². The molecule has 0 radical (unpaired) electrons. The minimum Gasteiger partial charge on any atom is -0.486 e. The van der Waals surface area contributed by atoms with E-state index < -0.39 is 36.0 Å². The highest BCUT2D eigenvalue weighted by Gasteiger charge is 2.66. The second-order valence-electron chi connectivity index (χ2n) is 9.15. The van der Waals surface area contributed by atoms with E-state index in [1.54, 1.807) is 18.2 Å². The maximum absolute atomic E-state index is 14.1. The third-order valence-corrected chi connectivity index (χ3v) is 6.54. The van der Waals surface area contributed by atoms with Crippen molar-refractivity contribution >= 4 is 23.0 Å². The second kappa shape index (κ2) is 9.71. The van der Waals surface area contributed by atoms with Crippen molar-refractivity contribution in [1.29, 1.82) is 0 Å². The normalized spacial score (nSPS) is 18.1. The standard InChI is InChI=1S/C27H19F6N3O5/c28-24(29)40-17-5-1-14(2-6-17)23-18(15-3-7-21-22(11-15)39-10-9-38-21)13-36(35-23)25(37)34-16-4-8-20-19(12-16)26(30,31)27(32,33)41-20/h1-8,11-12,24,35H,9-10,13H2,(H,34,37). The number of hydrazine groups is 1. The first kappa shape index (κ1) is 26.5. The maximum Gasteiger partial charge on any atom is 0.469 e. The number of anilines is 1. The number of fused-ring (bicyclic) bond motifs is 2. The highest BCUT2D eigenvalue weighted by atomic mass is 19.3. The van der Waals surface area contributed by atoms with Crippen LogP contribution >= 0.6 is 0 Å². The van der Waals surface area contributed by atoms with Crippen LogP contribution in [0.2, 0.25) is 0 Å². The van der Waals surface area contributed by atoms with Crippen molar-refractivity contribution in [2.75, 3.05) is 25.1 Å². The number of carbonyl (C=O) groups excluding carboxylic acids is 1. The molecule has 2 amide bonds. The number of ether oxygens (including phenoxy) is 4. The number of carbonyl (C=O) groups is 1. The van der Waals surface area contributed by atoms with Crippen molar-refractivity contribution in [3.05, 3.63) is 77.4 Å². The molecule has 3 aliphatic heterocycles. The highest BCUT2D eigenvalue weighted by molar-refractivity contribution is 5.99. The lowest BCUT2D eigenvalue weighted by Crippen LogP contribution is -2.40. The summed E-state index contributed by atoms with van der Waals surface area (Å²) in [4.78, 5) is 13.2. The number of alkyl halides is 6. The summed E-state index contributed by atoms with van der Waals surface area (Å²) < 4.78 is 100. The van der Waals surface area contributed by atoms with Gasteiger partial charge in [-0.1, -0.05) is 6.07 Å². The lowest BCUT2D eigenvalue weighted by molar-refractivity contribution is -0.296. The predicted octanol–water partition coefficient (Wildman–Crippen LogP) is 6.06. The van der Waals surface area contributed by atoms with Crippen LogP contribution in [0.3, 0.4) is 0 Å². The van der Waals surface area contributed by atoms with E-state index in [9.17, 15) is 31.1 Å². The van der Waals surface area contributed by atoms with E-state index in [2.05, 4.69) is 20.2 Å². The van der Waals surface area contributed by atoms with Crippen LogP contribution in [-0.2, 0) is 5.92 Å². The molecule has 0 unspecified atom stereocenters. The Bertz CT molecular complexity index is 1550. The van der Waals surface area contributed by atoms with Gasteiger partial charge in [0.1, 0.15) is 24.7 Å². The summed E-state index contributed by atoms with van der Waals surface area (Å²) in [7, 11) is 0. The maximum atomic E-state index is 14.1. The first-order valence-corrected chi connectivity index (χ1v) is 12.1. The van der Waals surface area contributed by atoms with Gasteiger partial charge in [0, 0.05) is 16.8 Å². The van der Waals surface area contributed by atoms with Gasteiger partial charge in [-0.05, 0) is 60.2 Å². The average Bonchev–Trinajstić information content (AvgIpc) is 3.46. The van der Waals surface area contributed by atoms with Crippen molar-refractivity contribution in [2.24, 2.45) is 0 Å². The summed E-state index contributed by atoms with van der Waals surface area (Å²) in [5.74, 6) is -4.32. The van der Waals surface area contributed by atoms with Gasteiger partial charge in [-0.2, -0.15) is 26.3 Å². The van der Waals surface area contributed by atoms with E-state index in [1.165, 1.54) is 24.3 Å². The molecule has 0 spiro atoms. The fourth-order valence-electron chi connectivity index (χ4n) is 4.60. The molecule has 0 saturated heterocycles. The molecule has 0 bridgehead atoms. The lowest BCUT2D eigenvalue weighted by atomic mass is 10.00. The SMILES string of the molecule is O=C(Nc1ccc2c(c1)C(F)(F)C(F)(F)O2)N1CC(c2ccc3c(c2)OCCO3)=C(c2ccc(OC(F)F)cc2)N1. The van der Waals surface area contributed by atoms with Crippen LogP contribution in [0.15, 0.2) is 60.7 Å². The number of halogens is 6. The van der Waals surface area contributed by atoms with E-state index in [0.717, 1.165) is 23.2 Å². The Kier molecular flexibility index (Phi) is 6.27. The number of rotatable bonds is 5. The van der Waals surface area contributed by atoms with E-state index >= 15 is 0 Å². The van der Waals surface area contributed by atoms with Crippen LogP contribution in [0.4, 0.5) is 36.8 Å². The molecule has 3 aromatic rings. The molecule has 3 aromatic carbocycles.